The first kappa shape index (κ1) is 22.9. The fourth-order valence-electron chi connectivity index (χ4n) is 2.56. The van der Waals surface area contributed by atoms with Crippen LogP contribution in [0.5, 0.6) is 0 Å². The van der Waals surface area contributed by atoms with Crippen LogP contribution in [0.15, 0.2) is 0 Å². The van der Waals surface area contributed by atoms with Gasteiger partial charge in [-0.25, -0.2) is 0 Å². The largest absolute Gasteiger partial charge is 0.457 e. The predicted molar refractivity (Wildman–Crippen MR) is 139 cm³/mol. The lowest BCUT2D eigenvalue weighted by atomic mass is 11.8. The Labute approximate surface area is 154 Å². The smallest absolute Gasteiger partial charge is 0.380 e. The Kier molecular flexibility index (Phi) is 19.2. The van der Waals surface area contributed by atoms with Crippen molar-refractivity contribution in [3.63, 3.8) is 0 Å². The molecule has 0 aromatic rings. The second-order valence-corrected chi connectivity index (χ2v) is 122. The molecule has 3 nitrogen and oxygen atoms in total. The van der Waals surface area contributed by atoms with Crippen molar-refractivity contribution in [2.75, 3.05) is 21.3 Å². The molecule has 0 unspecified atom stereocenters. The van der Waals surface area contributed by atoms with Gasteiger partial charge in [0.1, 0.15) is 8.55 Å². The Bertz CT molecular complexity index is 194. The standard InChI is InChI=1S/C3H36O3Si14/c1-4-20(5-2,6-3)19-18-17-16-15-14-13-12-11-10-9-8-7/h8-19H2,1-3,7H3. The molecule has 0 spiro atoms. The van der Waals surface area contributed by atoms with Crippen molar-refractivity contribution in [2.24, 2.45) is 0 Å². The fourth-order valence-corrected chi connectivity index (χ4v) is 461. The van der Waals surface area contributed by atoms with Crippen LogP contribution in [0.3, 0.4) is 0 Å². The lowest BCUT2D eigenvalue weighted by Crippen LogP contribution is -2.53. The highest BCUT2D eigenvalue weighted by atomic mass is 30.1. The minimum Gasteiger partial charge on any atom is -0.380 e. The lowest BCUT2D eigenvalue weighted by molar-refractivity contribution is 0.149. The van der Waals surface area contributed by atoms with Crippen LogP contribution in [0.1, 0.15) is 0 Å². The third-order valence-electron chi connectivity index (χ3n) is 4.02. The highest BCUT2D eigenvalue weighted by Gasteiger charge is 2.36. The van der Waals surface area contributed by atoms with E-state index in [0.29, 0.717) is 25.7 Å². The third kappa shape index (κ3) is 12.4. The first-order valence-electron chi connectivity index (χ1n) is 8.40. The molecule has 0 radical (unpaired) electrons. The van der Waals surface area contributed by atoms with Crippen LogP contribution < -0.4 is 0 Å². The molecule has 0 saturated carbocycles. The van der Waals surface area contributed by atoms with Crippen molar-refractivity contribution >= 4 is 121 Å². The second kappa shape index (κ2) is 16.8. The maximum atomic E-state index is 5.61. The predicted octanol–water partition coefficient (Wildman–Crippen LogP) is -12.3. The molecular weight excluding hydrogens is 477 g/mol. The van der Waals surface area contributed by atoms with Gasteiger partial charge in [0.15, 0.2) is 0 Å². The Hall–Kier alpha value is 2.92. The van der Waals surface area contributed by atoms with Crippen molar-refractivity contribution in [3.05, 3.63) is 0 Å². The van der Waals surface area contributed by atoms with Crippen molar-refractivity contribution in [3.8, 4) is 0 Å². The monoisotopic (exact) mass is 512 g/mol. The normalized spacial score (nSPS) is 19.4. The van der Waals surface area contributed by atoms with Gasteiger partial charge < -0.3 is 13.3 Å². The van der Waals surface area contributed by atoms with Crippen LogP contribution in [-0.2, 0) is 13.3 Å². The van der Waals surface area contributed by atoms with E-state index >= 15 is 0 Å². The van der Waals surface area contributed by atoms with E-state index in [9.17, 15) is 0 Å². The molecule has 0 aromatic carbocycles. The highest BCUT2D eigenvalue weighted by Crippen LogP contribution is 2.01. The van der Waals surface area contributed by atoms with Gasteiger partial charge in [0.05, 0.1) is 0 Å². The Balaban J connectivity index is 3.32. The zero-order chi connectivity index (χ0) is 15.1. The first-order chi connectivity index (χ1) is 9.74. The van der Waals surface area contributed by atoms with Gasteiger partial charge in [-0.05, 0) is 95.3 Å². The molecule has 0 aliphatic rings. The SMILES string of the molecule is CO[Si](OC)(OC)[SiH2][SiH2][SiH2][SiH2][SiH2][SiH2][SiH2][SiH2][SiH2][SiH2][SiH2][SiH2][SiH3]. The molecule has 0 aliphatic carbocycles. The molecule has 0 amide bonds. The van der Waals surface area contributed by atoms with Gasteiger partial charge in [0.25, 0.3) is 0 Å². The summed E-state index contributed by atoms with van der Waals surface area (Å²) in [6, 6.07) is 0. The third-order valence-corrected chi connectivity index (χ3v) is 239. The number of hydrogen-bond acceptors (Lipinski definition) is 3. The van der Waals surface area contributed by atoms with E-state index in [1.165, 1.54) is 0 Å². The summed E-state index contributed by atoms with van der Waals surface area (Å²) in [7, 11) is 13.2. The second-order valence-electron chi connectivity index (χ2n) is 5.58. The van der Waals surface area contributed by atoms with Crippen molar-refractivity contribution < 1.29 is 13.3 Å². The minimum absolute atomic E-state index is 0.0458. The average molecular weight is 514 g/mol. The summed E-state index contributed by atoms with van der Waals surface area (Å²) in [5.74, 6) is 0. The van der Waals surface area contributed by atoms with Crippen LogP contribution in [-0.4, -0.2) is 142 Å². The maximum absolute atomic E-state index is 5.61. The average Bonchev–Trinajstić information content (AvgIpc) is 2.49. The van der Waals surface area contributed by atoms with E-state index in [2.05, 4.69) is 0 Å². The van der Waals surface area contributed by atoms with Crippen molar-refractivity contribution in [1.29, 1.82) is 0 Å². The molecule has 0 rings (SSSR count). The van der Waals surface area contributed by atoms with Crippen molar-refractivity contribution in [2.45, 2.75) is 0 Å². The molecule has 0 heterocycles. The molecule has 0 bridgehead atoms. The van der Waals surface area contributed by atoms with E-state index in [4.69, 9.17) is 13.3 Å². The molecule has 0 aromatic heterocycles. The summed E-state index contributed by atoms with van der Waals surface area (Å²) in [6.45, 7) is 0. The number of rotatable bonds is 15. The molecule has 0 N–H and O–H groups in total. The summed E-state index contributed by atoms with van der Waals surface area (Å²) in [5.41, 5.74) is 0. The molecular formula is C3H36O3Si14. The van der Waals surface area contributed by atoms with E-state index in [1.807, 2.05) is 21.3 Å². The summed E-state index contributed by atoms with van der Waals surface area (Å²) in [4.78, 5) is 0. The Morgan fingerprint density at radius 2 is 0.950 bits per heavy atom. The molecule has 0 fully saturated rings. The van der Waals surface area contributed by atoms with E-state index in [0.717, 1.165) is 68.4 Å². The van der Waals surface area contributed by atoms with Gasteiger partial charge in [-0.3, -0.25) is 0 Å². The Morgan fingerprint density at radius 3 is 1.30 bits per heavy atom. The van der Waals surface area contributed by atoms with Crippen LogP contribution in [0.2, 0.25) is 0 Å². The molecule has 20 heavy (non-hydrogen) atoms. The Morgan fingerprint density at radius 1 is 0.600 bits per heavy atom. The van der Waals surface area contributed by atoms with Crippen LogP contribution in [0.25, 0.3) is 0 Å². The van der Waals surface area contributed by atoms with E-state index in [1.54, 1.807) is 9.76 Å². The zero-order valence-corrected chi connectivity index (χ0v) is 34.2. The summed E-state index contributed by atoms with van der Waals surface area (Å²) in [5, 5.41) is 0. The molecule has 0 saturated heterocycles. The summed E-state index contributed by atoms with van der Waals surface area (Å²) >= 11 is 0. The van der Waals surface area contributed by atoms with E-state index in [-0.39, 0.29) is 8.55 Å². The van der Waals surface area contributed by atoms with Gasteiger partial charge in [-0.15, -0.1) is 0 Å². The molecule has 0 aliphatic heterocycles. The van der Waals surface area contributed by atoms with Gasteiger partial charge in [0.2, 0.25) is 0 Å². The van der Waals surface area contributed by atoms with Gasteiger partial charge in [-0.2, -0.15) is 0 Å². The molecule has 17 heteroatoms. The lowest BCUT2D eigenvalue weighted by Gasteiger charge is -2.24. The van der Waals surface area contributed by atoms with Gasteiger partial charge in [0, 0.05) is 29.9 Å². The van der Waals surface area contributed by atoms with Crippen LogP contribution >= 0.6 is 0 Å². The zero-order valence-electron chi connectivity index (χ0n) is 14.2. The highest BCUT2D eigenvalue weighted by molar-refractivity contribution is 7.72. The summed E-state index contributed by atoms with van der Waals surface area (Å²) in [6.07, 6.45) is 0. The van der Waals surface area contributed by atoms with Crippen LogP contribution in [0.4, 0.5) is 0 Å². The fraction of sp³-hybridized carbons (Fsp3) is 1.00. The summed E-state index contributed by atoms with van der Waals surface area (Å²) < 4.78 is 16.8. The molecule has 0 atom stereocenters. The molecule has 122 valence electrons. The van der Waals surface area contributed by atoms with Crippen molar-refractivity contribution in [1.82, 2.24) is 0 Å². The van der Waals surface area contributed by atoms with E-state index < -0.39 is 8.32 Å². The van der Waals surface area contributed by atoms with Gasteiger partial charge in [-0.1, -0.05) is 0 Å². The van der Waals surface area contributed by atoms with Gasteiger partial charge >= 0.3 is 8.32 Å². The maximum Gasteiger partial charge on any atom is 0.457 e. The van der Waals surface area contributed by atoms with Crippen LogP contribution in [0, 0.1) is 0 Å². The first-order valence-corrected chi connectivity index (χ1v) is 62.1. The number of hydrogen-bond donors (Lipinski definition) is 0. The topological polar surface area (TPSA) is 27.7 Å². The quantitative estimate of drug-likeness (QED) is 0.161. The minimum atomic E-state index is -1.99.